The number of benzene rings is 2. The second-order valence-electron chi connectivity index (χ2n) is 11.2. The molecule has 1 N–H and O–H groups in total. The number of alkyl halides is 1. The number of anilines is 1. The molecule has 3 saturated heterocycles. The van der Waals surface area contributed by atoms with E-state index in [1.165, 1.54) is 9.80 Å². The number of unbranched alkanes of at least 4 members (excludes halogenated alkanes) is 2. The molecule has 0 radical (unpaired) electrons. The SMILES string of the molecule is C=CCCCCOC(=O)[C@H]1[C@H]2C(=O)N([C@H](CO)c3ccccc3)C(C(=O)N(CC=C)c3ccc(Cl)cc3)C23CC(Br)[C@@H]1O3. The van der Waals surface area contributed by atoms with Crippen molar-refractivity contribution in [3.05, 3.63) is 90.5 Å². The van der Waals surface area contributed by atoms with Crippen molar-refractivity contribution in [2.75, 3.05) is 24.7 Å². The summed E-state index contributed by atoms with van der Waals surface area (Å²) < 4.78 is 12.3. The molecule has 8 nitrogen and oxygen atoms in total. The average Bonchev–Trinajstić information content (AvgIpc) is 3.60. The zero-order chi connectivity index (χ0) is 30.7. The minimum absolute atomic E-state index is 0.159. The first kappa shape index (κ1) is 31.4. The monoisotopic (exact) mass is 670 g/mol. The van der Waals surface area contributed by atoms with Gasteiger partial charge in [0.05, 0.1) is 37.2 Å². The van der Waals surface area contributed by atoms with Gasteiger partial charge in [0.1, 0.15) is 11.6 Å². The number of ether oxygens (including phenoxy) is 2. The number of fused-ring (bicyclic) bond motifs is 1. The number of esters is 1. The van der Waals surface area contributed by atoms with Gasteiger partial charge < -0.3 is 24.4 Å². The van der Waals surface area contributed by atoms with Crippen LogP contribution in [0.25, 0.3) is 0 Å². The number of allylic oxidation sites excluding steroid dienone is 1. The molecule has 1 spiro atoms. The fourth-order valence-electron chi connectivity index (χ4n) is 6.86. The summed E-state index contributed by atoms with van der Waals surface area (Å²) >= 11 is 9.83. The normalized spacial score (nSPS) is 27.9. The van der Waals surface area contributed by atoms with E-state index in [1.54, 1.807) is 30.3 Å². The van der Waals surface area contributed by atoms with Gasteiger partial charge in [-0.2, -0.15) is 0 Å². The molecule has 228 valence electrons. The Balaban J connectivity index is 1.57. The maximum atomic E-state index is 14.8. The van der Waals surface area contributed by atoms with E-state index in [0.29, 0.717) is 29.1 Å². The predicted molar refractivity (Wildman–Crippen MR) is 168 cm³/mol. The van der Waals surface area contributed by atoms with Crippen LogP contribution in [0.15, 0.2) is 79.9 Å². The second-order valence-corrected chi connectivity index (χ2v) is 12.8. The number of amides is 2. The Morgan fingerprint density at radius 2 is 1.88 bits per heavy atom. The number of carbonyl (C=O) groups excluding carboxylic acids is 3. The molecule has 2 bridgehead atoms. The second kappa shape index (κ2) is 13.3. The number of hydrogen-bond acceptors (Lipinski definition) is 6. The Morgan fingerprint density at radius 1 is 1.16 bits per heavy atom. The van der Waals surface area contributed by atoms with Crippen LogP contribution < -0.4 is 4.90 Å². The minimum atomic E-state index is -1.31. The largest absolute Gasteiger partial charge is 0.465 e. The lowest BCUT2D eigenvalue weighted by atomic mass is 9.70. The summed E-state index contributed by atoms with van der Waals surface area (Å²) in [7, 11) is 0. The highest BCUT2D eigenvalue weighted by Crippen LogP contribution is 2.61. The summed E-state index contributed by atoms with van der Waals surface area (Å²) in [5.41, 5.74) is -0.0751. The first-order chi connectivity index (χ1) is 20.8. The highest BCUT2D eigenvalue weighted by Gasteiger charge is 2.77. The number of nitrogens with zero attached hydrogens (tertiary/aromatic N) is 2. The highest BCUT2D eigenvalue weighted by molar-refractivity contribution is 9.09. The third-order valence-corrected chi connectivity index (χ3v) is 9.79. The molecule has 2 aromatic carbocycles. The van der Waals surface area contributed by atoms with Crippen LogP contribution in [0.3, 0.4) is 0 Å². The van der Waals surface area contributed by atoms with Crippen LogP contribution in [0, 0.1) is 11.8 Å². The topological polar surface area (TPSA) is 96.4 Å². The van der Waals surface area contributed by atoms with Crippen LogP contribution in [0.2, 0.25) is 5.02 Å². The van der Waals surface area contributed by atoms with Gasteiger partial charge in [-0.25, -0.2) is 0 Å². The van der Waals surface area contributed by atoms with Gasteiger partial charge in [0.15, 0.2) is 0 Å². The molecule has 7 atom stereocenters. The van der Waals surface area contributed by atoms with Crippen molar-refractivity contribution >= 4 is 51.0 Å². The standard InChI is InChI=1S/C33H36BrClN2O6/c1-3-5-6-10-18-42-32(41)26-27-30(39)37(25(20-38)21-11-8-7-9-12-21)29(33(27)19-24(34)28(26)43-33)31(40)36(17-4-2)23-15-13-22(35)14-16-23/h3-4,7-9,11-16,24-29,38H,1-2,5-6,10,17-20H2/t24?,25-,26+,27+,28+,29?,33?/m1/s1. The van der Waals surface area contributed by atoms with Crippen molar-refractivity contribution in [2.24, 2.45) is 11.8 Å². The number of aliphatic hydroxyl groups is 1. The molecule has 10 heteroatoms. The summed E-state index contributed by atoms with van der Waals surface area (Å²) in [4.78, 5) is 45.6. The lowest BCUT2D eigenvalue weighted by Gasteiger charge is -2.39. The summed E-state index contributed by atoms with van der Waals surface area (Å²) in [5.74, 6) is -3.17. The lowest BCUT2D eigenvalue weighted by Crippen LogP contribution is -2.57. The fraction of sp³-hybridized carbons (Fsp3) is 0.424. The Labute approximate surface area is 265 Å². The first-order valence-corrected chi connectivity index (χ1v) is 15.8. The van der Waals surface area contributed by atoms with Gasteiger partial charge in [-0.15, -0.1) is 13.2 Å². The van der Waals surface area contributed by atoms with Crippen LogP contribution in [0.4, 0.5) is 5.69 Å². The zero-order valence-corrected chi connectivity index (χ0v) is 26.2. The number of hydrogen-bond donors (Lipinski definition) is 1. The average molecular weight is 672 g/mol. The summed E-state index contributed by atoms with van der Waals surface area (Å²) in [6.07, 6.45) is 5.44. The van der Waals surface area contributed by atoms with E-state index in [0.717, 1.165) is 12.8 Å². The first-order valence-electron chi connectivity index (χ1n) is 14.5. The Bertz CT molecular complexity index is 1360. The van der Waals surface area contributed by atoms with Crippen molar-refractivity contribution in [2.45, 2.75) is 54.3 Å². The Kier molecular flexibility index (Phi) is 9.76. The van der Waals surface area contributed by atoms with E-state index in [9.17, 15) is 19.5 Å². The molecule has 3 aliphatic rings. The van der Waals surface area contributed by atoms with E-state index in [2.05, 4.69) is 29.1 Å². The third-order valence-electron chi connectivity index (χ3n) is 8.69. The summed E-state index contributed by atoms with van der Waals surface area (Å²) in [6, 6.07) is 13.9. The van der Waals surface area contributed by atoms with Crippen molar-refractivity contribution in [1.29, 1.82) is 0 Å². The van der Waals surface area contributed by atoms with Crippen molar-refractivity contribution < 1.29 is 29.0 Å². The minimum Gasteiger partial charge on any atom is -0.465 e. The molecule has 3 unspecified atom stereocenters. The molecule has 0 aliphatic carbocycles. The van der Waals surface area contributed by atoms with Gasteiger partial charge >= 0.3 is 5.97 Å². The summed E-state index contributed by atoms with van der Waals surface area (Å²) in [5, 5.41) is 11.2. The van der Waals surface area contributed by atoms with Gasteiger partial charge in [0.25, 0.3) is 5.91 Å². The van der Waals surface area contributed by atoms with Crippen LogP contribution >= 0.6 is 27.5 Å². The lowest BCUT2D eigenvalue weighted by molar-refractivity contribution is -0.155. The predicted octanol–water partition coefficient (Wildman–Crippen LogP) is 5.24. The van der Waals surface area contributed by atoms with E-state index in [4.69, 9.17) is 21.1 Å². The maximum absolute atomic E-state index is 14.8. The molecule has 0 saturated carbocycles. The molecule has 3 heterocycles. The van der Waals surface area contributed by atoms with Crippen LogP contribution in [-0.4, -0.2) is 70.1 Å². The molecule has 3 fully saturated rings. The number of likely N-dealkylation sites (tertiary alicyclic amines) is 1. The zero-order valence-electron chi connectivity index (χ0n) is 23.8. The quantitative estimate of drug-likeness (QED) is 0.136. The Morgan fingerprint density at radius 3 is 2.53 bits per heavy atom. The van der Waals surface area contributed by atoms with E-state index < -0.39 is 60.0 Å². The molecule has 2 amide bonds. The molecule has 2 aromatic rings. The van der Waals surface area contributed by atoms with Crippen molar-refractivity contribution in [3.63, 3.8) is 0 Å². The van der Waals surface area contributed by atoms with Crippen LogP contribution in [0.1, 0.15) is 37.3 Å². The smallest absolute Gasteiger partial charge is 0.312 e. The number of aliphatic hydroxyl groups excluding tert-OH is 1. The maximum Gasteiger partial charge on any atom is 0.312 e. The van der Waals surface area contributed by atoms with Crippen LogP contribution in [-0.2, 0) is 23.9 Å². The molecular formula is C33H36BrClN2O6. The van der Waals surface area contributed by atoms with E-state index in [1.807, 2.05) is 36.4 Å². The fourth-order valence-corrected chi connectivity index (χ4v) is 7.93. The molecule has 5 rings (SSSR count). The van der Waals surface area contributed by atoms with Crippen molar-refractivity contribution in [1.82, 2.24) is 4.90 Å². The van der Waals surface area contributed by atoms with Gasteiger partial charge in [-0.1, -0.05) is 70.0 Å². The van der Waals surface area contributed by atoms with E-state index in [-0.39, 0.29) is 18.0 Å². The van der Waals surface area contributed by atoms with Crippen molar-refractivity contribution in [3.8, 4) is 0 Å². The molecule has 0 aromatic heterocycles. The van der Waals surface area contributed by atoms with Gasteiger partial charge in [0.2, 0.25) is 5.91 Å². The molecular weight excluding hydrogens is 636 g/mol. The number of carbonyl (C=O) groups is 3. The van der Waals surface area contributed by atoms with Gasteiger partial charge in [-0.05, 0) is 55.5 Å². The third kappa shape index (κ3) is 5.68. The Hall–Kier alpha value is -2.98. The van der Waals surface area contributed by atoms with E-state index >= 15 is 0 Å². The van der Waals surface area contributed by atoms with Gasteiger partial charge in [0, 0.05) is 22.1 Å². The summed E-state index contributed by atoms with van der Waals surface area (Å²) in [6.45, 7) is 7.52. The molecule has 3 aliphatic heterocycles. The number of rotatable bonds is 13. The van der Waals surface area contributed by atoms with Gasteiger partial charge in [-0.3, -0.25) is 14.4 Å². The highest BCUT2D eigenvalue weighted by atomic mass is 79.9. The van der Waals surface area contributed by atoms with Crippen LogP contribution in [0.5, 0.6) is 0 Å². The molecule has 43 heavy (non-hydrogen) atoms. The number of halogens is 2.